The Balaban J connectivity index is 2.36. The van der Waals surface area contributed by atoms with E-state index in [4.69, 9.17) is 16.3 Å². The van der Waals surface area contributed by atoms with Crippen LogP contribution in [0, 0.1) is 0 Å². The maximum absolute atomic E-state index is 6.58. The van der Waals surface area contributed by atoms with Gasteiger partial charge in [-0.15, -0.1) is 23.4 Å². The smallest absolute Gasteiger partial charge is 0.123 e. The number of thioether (sulfide) groups is 1. The molecule has 1 nitrogen and oxygen atoms in total. The molecule has 0 aromatic heterocycles. The van der Waals surface area contributed by atoms with Gasteiger partial charge in [-0.3, -0.25) is 0 Å². The maximum Gasteiger partial charge on any atom is 0.123 e. The van der Waals surface area contributed by atoms with Gasteiger partial charge in [0, 0.05) is 14.9 Å². The predicted molar refractivity (Wildman–Crippen MR) is 86.6 cm³/mol. The summed E-state index contributed by atoms with van der Waals surface area (Å²) in [5.74, 6) is 0.803. The van der Waals surface area contributed by atoms with Crippen molar-refractivity contribution >= 4 is 39.3 Å². The second-order valence-corrected chi connectivity index (χ2v) is 6.25. The van der Waals surface area contributed by atoms with Crippen molar-refractivity contribution in [3.8, 4) is 5.75 Å². The number of ether oxygens (including phenoxy) is 1. The van der Waals surface area contributed by atoms with Crippen molar-refractivity contribution in [2.75, 3.05) is 13.4 Å². The monoisotopic (exact) mass is 356 g/mol. The molecule has 0 aliphatic rings. The molecule has 0 aliphatic heterocycles. The summed E-state index contributed by atoms with van der Waals surface area (Å²) in [6.07, 6.45) is 2.06. The number of halogens is 2. The standard InChI is InChI=1S/C15H14BrClOS/c1-18-14-8-5-11(16)9-13(14)15(17)10-3-6-12(19-2)7-4-10/h3-9,15H,1-2H3. The quantitative estimate of drug-likeness (QED) is 0.527. The molecule has 0 saturated heterocycles. The third kappa shape index (κ3) is 3.47. The van der Waals surface area contributed by atoms with Crippen molar-refractivity contribution in [2.45, 2.75) is 10.3 Å². The molecule has 100 valence electrons. The molecule has 1 unspecified atom stereocenters. The Kier molecular flexibility index (Phi) is 5.20. The van der Waals surface area contributed by atoms with Crippen molar-refractivity contribution < 1.29 is 4.74 Å². The zero-order valence-corrected chi connectivity index (χ0v) is 13.8. The minimum absolute atomic E-state index is 0.219. The van der Waals surface area contributed by atoms with E-state index in [1.54, 1.807) is 18.9 Å². The van der Waals surface area contributed by atoms with Crippen LogP contribution in [-0.2, 0) is 0 Å². The van der Waals surface area contributed by atoms with Gasteiger partial charge in [0.15, 0.2) is 0 Å². The average Bonchev–Trinajstić information content (AvgIpc) is 2.46. The first-order chi connectivity index (χ1) is 9.15. The number of benzene rings is 2. The second kappa shape index (κ2) is 6.69. The first-order valence-corrected chi connectivity index (χ1v) is 8.22. The highest BCUT2D eigenvalue weighted by Crippen LogP contribution is 2.37. The highest BCUT2D eigenvalue weighted by molar-refractivity contribution is 9.10. The fraction of sp³-hybridized carbons (Fsp3) is 0.200. The molecule has 2 aromatic rings. The van der Waals surface area contributed by atoms with Crippen LogP contribution in [0.1, 0.15) is 16.5 Å². The highest BCUT2D eigenvalue weighted by atomic mass is 79.9. The summed E-state index contributed by atoms with van der Waals surface area (Å²) < 4.78 is 6.37. The minimum Gasteiger partial charge on any atom is -0.496 e. The van der Waals surface area contributed by atoms with Crippen LogP contribution in [-0.4, -0.2) is 13.4 Å². The molecule has 1 atom stereocenters. The number of alkyl halides is 1. The fourth-order valence-electron chi connectivity index (χ4n) is 1.86. The molecule has 0 N–H and O–H groups in total. The Morgan fingerprint density at radius 3 is 2.42 bits per heavy atom. The molecular formula is C15H14BrClOS. The predicted octanol–water partition coefficient (Wildman–Crippen LogP) is 5.51. The van der Waals surface area contributed by atoms with Crippen LogP contribution in [0.15, 0.2) is 51.8 Å². The summed E-state index contributed by atoms with van der Waals surface area (Å²) in [5, 5.41) is -0.219. The molecule has 0 bridgehead atoms. The first-order valence-electron chi connectivity index (χ1n) is 5.77. The lowest BCUT2D eigenvalue weighted by atomic mass is 10.0. The van der Waals surface area contributed by atoms with Crippen molar-refractivity contribution in [3.63, 3.8) is 0 Å². The topological polar surface area (TPSA) is 9.23 Å². The molecule has 2 rings (SSSR count). The van der Waals surface area contributed by atoms with Gasteiger partial charge < -0.3 is 4.74 Å². The van der Waals surface area contributed by atoms with Crippen molar-refractivity contribution in [3.05, 3.63) is 58.1 Å². The summed E-state index contributed by atoms with van der Waals surface area (Å²) in [6.45, 7) is 0. The van der Waals surface area contributed by atoms with E-state index in [0.717, 1.165) is 21.3 Å². The van der Waals surface area contributed by atoms with Gasteiger partial charge in [0.1, 0.15) is 5.75 Å². The molecule has 0 radical (unpaired) electrons. The van der Waals surface area contributed by atoms with E-state index >= 15 is 0 Å². The molecule has 0 aliphatic carbocycles. The molecule has 0 heterocycles. The summed E-state index contributed by atoms with van der Waals surface area (Å²) in [7, 11) is 1.66. The van der Waals surface area contributed by atoms with E-state index in [0.29, 0.717) is 0 Å². The van der Waals surface area contributed by atoms with Crippen LogP contribution in [0.2, 0.25) is 0 Å². The number of methoxy groups -OCH3 is 1. The first kappa shape index (κ1) is 14.8. The number of hydrogen-bond donors (Lipinski definition) is 0. The Labute approximate surface area is 131 Å². The van der Waals surface area contributed by atoms with E-state index in [2.05, 4.69) is 46.5 Å². The van der Waals surface area contributed by atoms with Crippen molar-refractivity contribution in [1.29, 1.82) is 0 Å². The molecule has 4 heteroatoms. The summed E-state index contributed by atoms with van der Waals surface area (Å²) in [5.41, 5.74) is 2.03. The van der Waals surface area contributed by atoms with Crippen LogP contribution in [0.5, 0.6) is 5.75 Å². The van der Waals surface area contributed by atoms with Crippen molar-refractivity contribution in [1.82, 2.24) is 0 Å². The van der Waals surface area contributed by atoms with E-state index in [9.17, 15) is 0 Å². The summed E-state index contributed by atoms with van der Waals surface area (Å²) >= 11 is 11.8. The SMILES string of the molecule is COc1ccc(Br)cc1C(Cl)c1ccc(SC)cc1. The van der Waals surface area contributed by atoms with Gasteiger partial charge >= 0.3 is 0 Å². The largest absolute Gasteiger partial charge is 0.496 e. The molecule has 0 saturated carbocycles. The minimum atomic E-state index is -0.219. The summed E-state index contributed by atoms with van der Waals surface area (Å²) in [4.78, 5) is 1.23. The van der Waals surface area contributed by atoms with Crippen molar-refractivity contribution in [2.24, 2.45) is 0 Å². The zero-order chi connectivity index (χ0) is 13.8. The van der Waals surface area contributed by atoms with Gasteiger partial charge in [-0.2, -0.15) is 0 Å². The normalized spacial score (nSPS) is 12.2. The van der Waals surface area contributed by atoms with Gasteiger partial charge in [0.25, 0.3) is 0 Å². The zero-order valence-electron chi connectivity index (χ0n) is 10.7. The number of rotatable bonds is 4. The molecule has 0 fully saturated rings. The third-order valence-electron chi connectivity index (χ3n) is 2.87. The fourth-order valence-corrected chi connectivity index (χ4v) is 2.96. The molecule has 0 spiro atoms. The molecule has 19 heavy (non-hydrogen) atoms. The second-order valence-electron chi connectivity index (χ2n) is 4.02. The van der Waals surface area contributed by atoms with E-state index in [1.807, 2.05) is 18.2 Å². The lowest BCUT2D eigenvalue weighted by molar-refractivity contribution is 0.410. The van der Waals surface area contributed by atoms with E-state index in [-0.39, 0.29) is 5.38 Å². The Bertz CT molecular complexity index is 557. The average molecular weight is 358 g/mol. The number of hydrogen-bond acceptors (Lipinski definition) is 2. The van der Waals surface area contributed by atoms with E-state index in [1.165, 1.54) is 4.90 Å². The lowest BCUT2D eigenvalue weighted by Crippen LogP contribution is -1.97. The van der Waals surface area contributed by atoms with Crippen LogP contribution < -0.4 is 4.74 Å². The third-order valence-corrected chi connectivity index (χ3v) is 4.60. The Hall–Kier alpha value is -0.640. The van der Waals surface area contributed by atoms with Crippen LogP contribution in [0.3, 0.4) is 0 Å². The summed E-state index contributed by atoms with van der Waals surface area (Å²) in [6, 6.07) is 14.2. The highest BCUT2D eigenvalue weighted by Gasteiger charge is 2.16. The van der Waals surface area contributed by atoms with E-state index < -0.39 is 0 Å². The van der Waals surface area contributed by atoms with Gasteiger partial charge in [-0.1, -0.05) is 28.1 Å². The van der Waals surface area contributed by atoms with Gasteiger partial charge in [0.05, 0.1) is 12.5 Å². The Morgan fingerprint density at radius 2 is 1.84 bits per heavy atom. The van der Waals surface area contributed by atoms with Crippen LogP contribution >= 0.6 is 39.3 Å². The maximum atomic E-state index is 6.58. The Morgan fingerprint density at radius 1 is 1.16 bits per heavy atom. The molecular weight excluding hydrogens is 344 g/mol. The van der Waals surface area contributed by atoms with Crippen LogP contribution in [0.25, 0.3) is 0 Å². The lowest BCUT2D eigenvalue weighted by Gasteiger charge is -2.15. The van der Waals surface area contributed by atoms with Gasteiger partial charge in [-0.25, -0.2) is 0 Å². The molecule has 0 amide bonds. The molecule has 2 aromatic carbocycles. The van der Waals surface area contributed by atoms with Crippen LogP contribution in [0.4, 0.5) is 0 Å². The van der Waals surface area contributed by atoms with Gasteiger partial charge in [0.2, 0.25) is 0 Å². The van der Waals surface area contributed by atoms with Gasteiger partial charge in [-0.05, 0) is 42.2 Å².